The van der Waals surface area contributed by atoms with Crippen molar-refractivity contribution in [1.82, 2.24) is 10.2 Å². The lowest BCUT2D eigenvalue weighted by Gasteiger charge is -2.06. The molecule has 0 saturated heterocycles. The number of carboxylic acid groups (broad SMARTS) is 1. The Morgan fingerprint density at radius 3 is 2.82 bits per heavy atom. The summed E-state index contributed by atoms with van der Waals surface area (Å²) in [5.41, 5.74) is 1.12. The Labute approximate surface area is 110 Å². The molecule has 1 aromatic heterocycles. The molecule has 0 bridgehead atoms. The summed E-state index contributed by atoms with van der Waals surface area (Å²) in [5, 5.41) is 16.2. The highest BCUT2D eigenvalue weighted by Gasteiger charge is 2.17. The maximum atomic E-state index is 11.1. The minimum absolute atomic E-state index is 0.0419. The van der Waals surface area contributed by atoms with Crippen LogP contribution < -0.4 is 0 Å². The van der Waals surface area contributed by atoms with E-state index in [0.717, 1.165) is 4.47 Å². The molecule has 0 atom stereocenters. The first-order valence-corrected chi connectivity index (χ1v) is 5.77. The van der Waals surface area contributed by atoms with Crippen LogP contribution in [0.5, 0.6) is 0 Å². The second-order valence-corrected chi connectivity index (χ2v) is 4.51. The molecule has 4 nitrogen and oxygen atoms in total. The Morgan fingerprint density at radius 1 is 1.41 bits per heavy atom. The molecule has 6 heteroatoms. The molecule has 17 heavy (non-hydrogen) atoms. The topological polar surface area (TPSA) is 63.1 Å². The number of hydrogen-bond acceptors (Lipinski definition) is 3. The Balaban J connectivity index is 2.67. The molecule has 0 saturated carbocycles. The van der Waals surface area contributed by atoms with Crippen LogP contribution >= 0.6 is 27.5 Å². The first-order valence-electron chi connectivity index (χ1n) is 4.60. The van der Waals surface area contributed by atoms with Gasteiger partial charge < -0.3 is 5.11 Å². The van der Waals surface area contributed by atoms with E-state index in [1.165, 1.54) is 6.20 Å². The smallest absolute Gasteiger partial charge is 0.339 e. The Bertz CT molecular complexity index is 589. The average Bonchev–Trinajstić information content (AvgIpc) is 2.28. The van der Waals surface area contributed by atoms with Crippen molar-refractivity contribution in [2.45, 2.75) is 0 Å². The molecule has 0 spiro atoms. The van der Waals surface area contributed by atoms with E-state index in [2.05, 4.69) is 26.1 Å². The summed E-state index contributed by atoms with van der Waals surface area (Å²) in [4.78, 5) is 11.1. The van der Waals surface area contributed by atoms with Crippen LogP contribution in [-0.4, -0.2) is 21.3 Å². The molecule has 2 aromatic rings. The van der Waals surface area contributed by atoms with Gasteiger partial charge in [-0.05, 0) is 17.7 Å². The van der Waals surface area contributed by atoms with Gasteiger partial charge in [0.15, 0.2) is 5.15 Å². The molecule has 1 aromatic carbocycles. The zero-order valence-electron chi connectivity index (χ0n) is 8.39. The lowest BCUT2D eigenvalue weighted by Crippen LogP contribution is -2.03. The monoisotopic (exact) mass is 312 g/mol. The molecule has 1 N–H and O–H groups in total. The fraction of sp³-hybridized carbons (Fsp3) is 0. The summed E-state index contributed by atoms with van der Waals surface area (Å²) in [7, 11) is 0. The van der Waals surface area contributed by atoms with Crippen LogP contribution in [0.1, 0.15) is 10.4 Å². The summed E-state index contributed by atoms with van der Waals surface area (Å²) in [6.07, 6.45) is 1.39. The zero-order chi connectivity index (χ0) is 12.4. The third-order valence-corrected chi connectivity index (χ3v) is 2.92. The minimum Gasteiger partial charge on any atom is -0.478 e. The van der Waals surface area contributed by atoms with Crippen molar-refractivity contribution in [3.8, 4) is 11.1 Å². The lowest BCUT2D eigenvalue weighted by molar-refractivity contribution is 0.0697. The van der Waals surface area contributed by atoms with Crippen LogP contribution in [0, 0.1) is 0 Å². The molecule has 0 aliphatic heterocycles. The summed E-state index contributed by atoms with van der Waals surface area (Å²) in [5.74, 6) is -1.13. The first-order chi connectivity index (χ1) is 8.09. The highest BCUT2D eigenvalue weighted by Crippen LogP contribution is 2.28. The second-order valence-electron chi connectivity index (χ2n) is 3.24. The van der Waals surface area contributed by atoms with Crippen LogP contribution in [-0.2, 0) is 0 Å². The summed E-state index contributed by atoms with van der Waals surface area (Å²) >= 11 is 9.07. The van der Waals surface area contributed by atoms with Gasteiger partial charge in [-0.25, -0.2) is 4.79 Å². The molecule has 0 unspecified atom stereocenters. The van der Waals surface area contributed by atoms with E-state index in [4.69, 9.17) is 16.7 Å². The first kappa shape index (κ1) is 12.0. The van der Waals surface area contributed by atoms with Gasteiger partial charge >= 0.3 is 5.97 Å². The van der Waals surface area contributed by atoms with Gasteiger partial charge in [0.05, 0.1) is 6.20 Å². The van der Waals surface area contributed by atoms with Crippen LogP contribution in [0.4, 0.5) is 0 Å². The number of hydrogen-bond donors (Lipinski definition) is 1. The standard InChI is InChI=1S/C11H6BrClN2O2/c12-7-3-1-2-6(4-7)8-5-14-15-10(13)9(8)11(16)17/h1-5H,(H,16,17). The van der Waals surface area contributed by atoms with E-state index in [1.54, 1.807) is 18.2 Å². The number of aromatic carboxylic acids is 1. The van der Waals surface area contributed by atoms with E-state index in [9.17, 15) is 4.79 Å². The molecule has 0 aliphatic carbocycles. The number of halogens is 2. The van der Waals surface area contributed by atoms with Crippen molar-refractivity contribution in [3.63, 3.8) is 0 Å². The molecule has 1 heterocycles. The van der Waals surface area contributed by atoms with Crippen molar-refractivity contribution in [1.29, 1.82) is 0 Å². The predicted octanol–water partition coefficient (Wildman–Crippen LogP) is 3.26. The molecule has 86 valence electrons. The molecule has 0 fully saturated rings. The van der Waals surface area contributed by atoms with Gasteiger partial charge in [-0.2, -0.15) is 5.10 Å². The van der Waals surface area contributed by atoms with E-state index < -0.39 is 5.97 Å². The van der Waals surface area contributed by atoms with Gasteiger partial charge in [-0.15, -0.1) is 5.10 Å². The van der Waals surface area contributed by atoms with Gasteiger partial charge in [0, 0.05) is 10.0 Å². The van der Waals surface area contributed by atoms with Crippen molar-refractivity contribution >= 4 is 33.5 Å². The predicted molar refractivity (Wildman–Crippen MR) is 67.1 cm³/mol. The van der Waals surface area contributed by atoms with E-state index >= 15 is 0 Å². The Hall–Kier alpha value is -1.46. The summed E-state index contributed by atoms with van der Waals surface area (Å²) in [6.45, 7) is 0. The van der Waals surface area contributed by atoms with Crippen molar-refractivity contribution < 1.29 is 9.90 Å². The molecule has 0 radical (unpaired) electrons. The van der Waals surface area contributed by atoms with Crippen LogP contribution in [0.3, 0.4) is 0 Å². The second kappa shape index (κ2) is 4.81. The van der Waals surface area contributed by atoms with Crippen LogP contribution in [0.15, 0.2) is 34.9 Å². The van der Waals surface area contributed by atoms with Crippen LogP contribution in [0.2, 0.25) is 5.15 Å². The number of nitrogens with zero attached hydrogens (tertiary/aromatic N) is 2. The number of benzene rings is 1. The van der Waals surface area contributed by atoms with Crippen LogP contribution in [0.25, 0.3) is 11.1 Å². The quantitative estimate of drug-likeness (QED) is 0.924. The van der Waals surface area contributed by atoms with Gasteiger partial charge in [-0.3, -0.25) is 0 Å². The summed E-state index contributed by atoms with van der Waals surface area (Å²) in [6, 6.07) is 7.23. The highest BCUT2D eigenvalue weighted by atomic mass is 79.9. The average molecular weight is 314 g/mol. The third-order valence-electron chi connectivity index (χ3n) is 2.16. The van der Waals surface area contributed by atoms with Gasteiger partial charge in [0.25, 0.3) is 0 Å². The van der Waals surface area contributed by atoms with Gasteiger partial charge in [0.2, 0.25) is 0 Å². The van der Waals surface area contributed by atoms with Gasteiger partial charge in [0.1, 0.15) is 5.56 Å². The fourth-order valence-electron chi connectivity index (χ4n) is 1.44. The minimum atomic E-state index is -1.13. The normalized spacial score (nSPS) is 10.2. The van der Waals surface area contributed by atoms with E-state index in [1.807, 2.05) is 6.07 Å². The molecular formula is C11H6BrClN2O2. The number of carboxylic acids is 1. The third kappa shape index (κ3) is 2.45. The maximum absolute atomic E-state index is 11.1. The molecule has 0 amide bonds. The van der Waals surface area contributed by atoms with Crippen molar-refractivity contribution in [3.05, 3.63) is 45.7 Å². The SMILES string of the molecule is O=C(O)c1c(-c2cccc(Br)c2)cnnc1Cl. The number of rotatable bonds is 2. The number of carbonyl (C=O) groups is 1. The van der Waals surface area contributed by atoms with Crippen molar-refractivity contribution in [2.75, 3.05) is 0 Å². The lowest BCUT2D eigenvalue weighted by atomic mass is 10.0. The number of aromatic nitrogens is 2. The fourth-order valence-corrected chi connectivity index (χ4v) is 2.07. The zero-order valence-corrected chi connectivity index (χ0v) is 10.7. The van der Waals surface area contributed by atoms with E-state index in [0.29, 0.717) is 11.1 Å². The largest absolute Gasteiger partial charge is 0.478 e. The maximum Gasteiger partial charge on any atom is 0.339 e. The Morgan fingerprint density at radius 2 is 2.18 bits per heavy atom. The Kier molecular flexibility index (Phi) is 3.40. The molecule has 0 aliphatic rings. The van der Waals surface area contributed by atoms with Gasteiger partial charge in [-0.1, -0.05) is 39.7 Å². The summed E-state index contributed by atoms with van der Waals surface area (Å²) < 4.78 is 0.847. The molecule has 2 rings (SSSR count). The van der Waals surface area contributed by atoms with E-state index in [-0.39, 0.29) is 10.7 Å². The van der Waals surface area contributed by atoms with Crippen molar-refractivity contribution in [2.24, 2.45) is 0 Å². The highest BCUT2D eigenvalue weighted by molar-refractivity contribution is 9.10. The molecular weight excluding hydrogens is 307 g/mol.